The highest BCUT2D eigenvalue weighted by Crippen LogP contribution is 2.24. The minimum atomic E-state index is -3.09. The van der Waals surface area contributed by atoms with E-state index in [1.807, 2.05) is 18.2 Å². The lowest BCUT2D eigenvalue weighted by molar-refractivity contribution is -0.127. The smallest absolute Gasteiger partial charge is 0.224 e. The van der Waals surface area contributed by atoms with Gasteiger partial charge in [-0.3, -0.25) is 9.69 Å². The number of amides is 1. The van der Waals surface area contributed by atoms with Gasteiger partial charge in [0.2, 0.25) is 15.9 Å². The van der Waals surface area contributed by atoms with Gasteiger partial charge in [0.15, 0.2) is 0 Å². The third-order valence-electron chi connectivity index (χ3n) is 5.79. The maximum atomic E-state index is 12.6. The van der Waals surface area contributed by atoms with Gasteiger partial charge in [-0.25, -0.2) is 12.7 Å². The van der Waals surface area contributed by atoms with Crippen LogP contribution in [0.2, 0.25) is 0 Å². The molecule has 0 bridgehead atoms. The van der Waals surface area contributed by atoms with Gasteiger partial charge >= 0.3 is 0 Å². The van der Waals surface area contributed by atoms with Crippen molar-refractivity contribution < 1.29 is 13.2 Å². The number of hydrogen-bond donors (Lipinski definition) is 1. The van der Waals surface area contributed by atoms with E-state index in [1.54, 1.807) is 4.31 Å². The van der Waals surface area contributed by atoms with Gasteiger partial charge in [-0.15, -0.1) is 0 Å². The van der Waals surface area contributed by atoms with E-state index in [-0.39, 0.29) is 11.8 Å². The molecule has 1 amide bonds. The molecule has 2 saturated heterocycles. The Morgan fingerprint density at radius 1 is 1.11 bits per heavy atom. The summed E-state index contributed by atoms with van der Waals surface area (Å²) in [5.41, 5.74) is 1.24. The van der Waals surface area contributed by atoms with E-state index in [4.69, 9.17) is 0 Å². The monoisotopic (exact) mass is 393 g/mol. The van der Waals surface area contributed by atoms with Crippen molar-refractivity contribution in [1.82, 2.24) is 14.5 Å². The predicted octanol–water partition coefficient (Wildman–Crippen LogP) is 1.48. The standard InChI is InChI=1S/C20H31N3O3S/c1-27(25,26)23-14-10-19(11-15-23)22-13-5-8-18(16-22)20(24)21-12-9-17-6-3-2-4-7-17/h2-4,6-7,18-19H,5,8-16H2,1H3,(H,21,24)/t18-/m0/s1. The molecule has 1 N–H and O–H groups in total. The van der Waals surface area contributed by atoms with Crippen LogP contribution < -0.4 is 5.32 Å². The summed E-state index contributed by atoms with van der Waals surface area (Å²) >= 11 is 0. The number of sulfonamides is 1. The van der Waals surface area contributed by atoms with Crippen LogP contribution in [-0.4, -0.2) is 68.6 Å². The SMILES string of the molecule is CS(=O)(=O)N1CCC(N2CCC[C@H](C(=O)NCCc3ccccc3)C2)CC1. The third kappa shape index (κ3) is 5.77. The molecular weight excluding hydrogens is 362 g/mol. The van der Waals surface area contributed by atoms with Gasteiger partial charge < -0.3 is 5.32 Å². The molecule has 1 atom stereocenters. The number of nitrogens with zero attached hydrogens (tertiary/aromatic N) is 2. The Balaban J connectivity index is 1.44. The number of likely N-dealkylation sites (tertiary alicyclic amines) is 1. The van der Waals surface area contributed by atoms with Crippen molar-refractivity contribution in [3.05, 3.63) is 35.9 Å². The molecule has 0 saturated carbocycles. The van der Waals surface area contributed by atoms with Gasteiger partial charge in [-0.1, -0.05) is 30.3 Å². The summed E-state index contributed by atoms with van der Waals surface area (Å²) in [7, 11) is -3.09. The van der Waals surface area contributed by atoms with Crippen molar-refractivity contribution in [2.24, 2.45) is 5.92 Å². The minimum absolute atomic E-state index is 0.0439. The lowest BCUT2D eigenvalue weighted by atomic mass is 9.93. The Labute approximate surface area is 163 Å². The molecular formula is C20H31N3O3S. The lowest BCUT2D eigenvalue weighted by Crippen LogP contribution is -2.51. The second-order valence-electron chi connectivity index (χ2n) is 7.75. The largest absolute Gasteiger partial charge is 0.355 e. The highest BCUT2D eigenvalue weighted by atomic mass is 32.2. The number of nitrogens with one attached hydrogen (secondary N) is 1. The van der Waals surface area contributed by atoms with Crippen LogP contribution >= 0.6 is 0 Å². The van der Waals surface area contributed by atoms with E-state index in [1.165, 1.54) is 11.8 Å². The molecule has 7 heteroatoms. The average molecular weight is 394 g/mol. The van der Waals surface area contributed by atoms with Crippen molar-refractivity contribution in [2.45, 2.75) is 38.1 Å². The highest BCUT2D eigenvalue weighted by molar-refractivity contribution is 7.88. The van der Waals surface area contributed by atoms with E-state index in [0.717, 1.165) is 45.2 Å². The lowest BCUT2D eigenvalue weighted by Gasteiger charge is -2.41. The average Bonchev–Trinajstić information content (AvgIpc) is 2.68. The van der Waals surface area contributed by atoms with Crippen LogP contribution in [0.4, 0.5) is 0 Å². The third-order valence-corrected chi connectivity index (χ3v) is 7.09. The molecule has 1 aromatic carbocycles. The number of benzene rings is 1. The molecule has 2 fully saturated rings. The van der Waals surface area contributed by atoms with Crippen LogP contribution in [0.5, 0.6) is 0 Å². The van der Waals surface area contributed by atoms with Gasteiger partial charge in [0.1, 0.15) is 0 Å². The zero-order valence-electron chi connectivity index (χ0n) is 16.1. The molecule has 0 spiro atoms. The van der Waals surface area contributed by atoms with Gasteiger partial charge in [0.25, 0.3) is 0 Å². The van der Waals surface area contributed by atoms with Crippen LogP contribution in [0, 0.1) is 5.92 Å². The predicted molar refractivity (Wildman–Crippen MR) is 107 cm³/mol. The fraction of sp³-hybridized carbons (Fsp3) is 0.650. The van der Waals surface area contributed by atoms with E-state index < -0.39 is 10.0 Å². The first-order valence-electron chi connectivity index (χ1n) is 9.94. The number of carbonyl (C=O) groups excluding carboxylic acids is 1. The van der Waals surface area contributed by atoms with Gasteiger partial charge in [-0.2, -0.15) is 0 Å². The van der Waals surface area contributed by atoms with Crippen LogP contribution in [-0.2, 0) is 21.2 Å². The number of carbonyl (C=O) groups is 1. The molecule has 27 heavy (non-hydrogen) atoms. The Morgan fingerprint density at radius 3 is 2.48 bits per heavy atom. The van der Waals surface area contributed by atoms with Gasteiger partial charge in [-0.05, 0) is 44.2 Å². The molecule has 2 aliphatic rings. The van der Waals surface area contributed by atoms with Crippen LogP contribution in [0.15, 0.2) is 30.3 Å². The molecule has 0 aromatic heterocycles. The van der Waals surface area contributed by atoms with Crippen molar-refractivity contribution in [2.75, 3.05) is 39.0 Å². The normalized spacial score (nSPS) is 23.2. The Bertz CT molecular complexity index is 715. The molecule has 150 valence electrons. The summed E-state index contributed by atoms with van der Waals surface area (Å²) in [5.74, 6) is 0.201. The van der Waals surface area contributed by atoms with Crippen molar-refractivity contribution in [1.29, 1.82) is 0 Å². The summed E-state index contributed by atoms with van der Waals surface area (Å²) in [6.45, 7) is 3.66. The second kappa shape index (κ2) is 9.17. The van der Waals surface area contributed by atoms with Crippen LogP contribution in [0.25, 0.3) is 0 Å². The van der Waals surface area contributed by atoms with Crippen LogP contribution in [0.3, 0.4) is 0 Å². The van der Waals surface area contributed by atoms with Crippen molar-refractivity contribution in [3.8, 4) is 0 Å². The highest BCUT2D eigenvalue weighted by Gasteiger charge is 2.33. The zero-order valence-corrected chi connectivity index (χ0v) is 17.0. The number of piperidine rings is 2. The Kier molecular flexibility index (Phi) is 6.89. The molecule has 0 aliphatic carbocycles. The van der Waals surface area contributed by atoms with Gasteiger partial charge in [0.05, 0.1) is 12.2 Å². The first-order valence-corrected chi connectivity index (χ1v) is 11.8. The van der Waals surface area contributed by atoms with Gasteiger partial charge in [0, 0.05) is 32.2 Å². The summed E-state index contributed by atoms with van der Waals surface area (Å²) in [4.78, 5) is 15.0. The van der Waals surface area contributed by atoms with Crippen LogP contribution in [0.1, 0.15) is 31.2 Å². The van der Waals surface area contributed by atoms with E-state index in [9.17, 15) is 13.2 Å². The fourth-order valence-corrected chi connectivity index (χ4v) is 5.08. The number of hydrogen-bond acceptors (Lipinski definition) is 4. The molecule has 0 unspecified atom stereocenters. The Morgan fingerprint density at radius 2 is 1.81 bits per heavy atom. The minimum Gasteiger partial charge on any atom is -0.355 e. The van der Waals surface area contributed by atoms with Crippen molar-refractivity contribution >= 4 is 15.9 Å². The molecule has 0 radical (unpaired) electrons. The van der Waals surface area contributed by atoms with E-state index in [0.29, 0.717) is 25.7 Å². The molecule has 6 nitrogen and oxygen atoms in total. The summed E-state index contributed by atoms with van der Waals surface area (Å²) in [6, 6.07) is 10.6. The van der Waals surface area contributed by atoms with E-state index >= 15 is 0 Å². The maximum absolute atomic E-state index is 12.6. The summed E-state index contributed by atoms with van der Waals surface area (Å²) in [6.07, 6.45) is 5.82. The summed E-state index contributed by atoms with van der Waals surface area (Å²) in [5, 5.41) is 3.10. The zero-order chi connectivity index (χ0) is 19.3. The first kappa shape index (κ1) is 20.3. The second-order valence-corrected chi connectivity index (χ2v) is 9.74. The fourth-order valence-electron chi connectivity index (χ4n) is 4.21. The molecule has 2 heterocycles. The quantitative estimate of drug-likeness (QED) is 0.795. The van der Waals surface area contributed by atoms with E-state index in [2.05, 4.69) is 22.3 Å². The molecule has 2 aliphatic heterocycles. The molecule has 1 aromatic rings. The molecule has 3 rings (SSSR count). The van der Waals surface area contributed by atoms with Crippen molar-refractivity contribution in [3.63, 3.8) is 0 Å². The number of rotatable bonds is 6. The summed E-state index contributed by atoms with van der Waals surface area (Å²) < 4.78 is 24.9. The maximum Gasteiger partial charge on any atom is 0.224 e. The Hall–Kier alpha value is -1.44. The first-order chi connectivity index (χ1) is 12.9. The topological polar surface area (TPSA) is 69.7 Å².